The van der Waals surface area contributed by atoms with Crippen LogP contribution in [0.2, 0.25) is 0 Å². The number of hydrazone groups is 1. The number of carbonyl (C=O) groups is 1. The number of nitrogens with zero attached hydrogens (tertiary/aromatic N) is 1. The Labute approximate surface area is 77.3 Å². The van der Waals surface area contributed by atoms with Gasteiger partial charge in [-0.15, -0.1) is 0 Å². The van der Waals surface area contributed by atoms with Gasteiger partial charge in [-0.25, -0.2) is 10.2 Å². The quantitative estimate of drug-likeness (QED) is 0.587. The van der Waals surface area contributed by atoms with Gasteiger partial charge in [0.2, 0.25) is 0 Å². The lowest BCUT2D eigenvalue weighted by atomic mass is 10.1. The van der Waals surface area contributed by atoms with Crippen LogP contribution in [0.3, 0.4) is 0 Å². The minimum atomic E-state index is -0.630. The summed E-state index contributed by atoms with van der Waals surface area (Å²) in [6, 6.07) is -0.630. The highest BCUT2D eigenvalue weighted by Crippen LogP contribution is 2.05. The standard InChI is InChI=1S/C8H15N3O2/c9-8(12)11-10-7-4-2-1-3-5-13-6-7/h1-6H2,(H3,9,11,12)/b10-7-. The second kappa shape index (κ2) is 5.53. The summed E-state index contributed by atoms with van der Waals surface area (Å²) in [5.41, 5.74) is 7.95. The van der Waals surface area contributed by atoms with Gasteiger partial charge in [0.1, 0.15) is 0 Å². The van der Waals surface area contributed by atoms with E-state index in [1.807, 2.05) is 0 Å². The number of carbonyl (C=O) groups excluding carboxylic acids is 1. The Hall–Kier alpha value is -1.10. The molecule has 0 aromatic carbocycles. The molecule has 5 heteroatoms. The third-order valence-electron chi connectivity index (χ3n) is 1.85. The smallest absolute Gasteiger partial charge is 0.332 e. The van der Waals surface area contributed by atoms with Gasteiger partial charge in [-0.05, 0) is 19.3 Å². The molecular weight excluding hydrogens is 170 g/mol. The van der Waals surface area contributed by atoms with Crippen LogP contribution in [0.5, 0.6) is 0 Å². The van der Waals surface area contributed by atoms with Crippen LogP contribution >= 0.6 is 0 Å². The van der Waals surface area contributed by atoms with Crippen molar-refractivity contribution in [2.75, 3.05) is 13.2 Å². The highest BCUT2D eigenvalue weighted by molar-refractivity contribution is 5.86. The SMILES string of the molecule is NC(=O)N/N=C1/CCCCCOC1. The summed E-state index contributed by atoms with van der Waals surface area (Å²) >= 11 is 0. The molecule has 1 rings (SSSR count). The third-order valence-corrected chi connectivity index (χ3v) is 1.85. The number of nitrogens with one attached hydrogen (secondary N) is 1. The molecule has 1 aliphatic heterocycles. The molecule has 5 nitrogen and oxygen atoms in total. The molecule has 1 saturated heterocycles. The van der Waals surface area contributed by atoms with E-state index in [1.165, 1.54) is 0 Å². The van der Waals surface area contributed by atoms with Crippen LogP contribution in [0, 0.1) is 0 Å². The van der Waals surface area contributed by atoms with E-state index in [0.29, 0.717) is 6.61 Å². The number of hydrogen-bond donors (Lipinski definition) is 2. The molecule has 2 amide bonds. The molecule has 74 valence electrons. The average molecular weight is 185 g/mol. The van der Waals surface area contributed by atoms with Crippen molar-refractivity contribution in [2.45, 2.75) is 25.7 Å². The molecule has 0 bridgehead atoms. The van der Waals surface area contributed by atoms with Crippen LogP contribution < -0.4 is 11.2 Å². The minimum absolute atomic E-state index is 0.500. The molecule has 0 saturated carbocycles. The van der Waals surface area contributed by atoms with Crippen LogP contribution in [-0.2, 0) is 4.74 Å². The lowest BCUT2D eigenvalue weighted by Crippen LogP contribution is -2.27. The summed E-state index contributed by atoms with van der Waals surface area (Å²) in [7, 11) is 0. The number of rotatable bonds is 1. The highest BCUT2D eigenvalue weighted by Gasteiger charge is 2.04. The van der Waals surface area contributed by atoms with Crippen LogP contribution in [0.1, 0.15) is 25.7 Å². The topological polar surface area (TPSA) is 76.7 Å². The van der Waals surface area contributed by atoms with Crippen molar-refractivity contribution in [2.24, 2.45) is 10.8 Å². The Kier molecular flexibility index (Phi) is 4.25. The van der Waals surface area contributed by atoms with Crippen molar-refractivity contribution in [1.29, 1.82) is 0 Å². The normalized spacial score (nSPS) is 22.0. The van der Waals surface area contributed by atoms with Gasteiger partial charge in [-0.2, -0.15) is 5.10 Å². The zero-order chi connectivity index (χ0) is 9.52. The van der Waals surface area contributed by atoms with Crippen molar-refractivity contribution in [3.05, 3.63) is 0 Å². The first-order chi connectivity index (χ1) is 6.29. The summed E-state index contributed by atoms with van der Waals surface area (Å²) in [6.45, 7) is 1.27. The number of ether oxygens (including phenoxy) is 1. The Morgan fingerprint density at radius 3 is 3.08 bits per heavy atom. The second-order valence-corrected chi connectivity index (χ2v) is 3.02. The molecule has 0 aromatic heterocycles. The first-order valence-electron chi connectivity index (χ1n) is 4.47. The Bertz CT molecular complexity index is 194. The zero-order valence-electron chi connectivity index (χ0n) is 7.58. The van der Waals surface area contributed by atoms with E-state index in [2.05, 4.69) is 10.5 Å². The lowest BCUT2D eigenvalue weighted by Gasteiger charge is -2.11. The molecule has 1 fully saturated rings. The van der Waals surface area contributed by atoms with Crippen molar-refractivity contribution in [1.82, 2.24) is 5.43 Å². The van der Waals surface area contributed by atoms with Crippen molar-refractivity contribution >= 4 is 11.7 Å². The molecule has 1 aliphatic rings. The van der Waals surface area contributed by atoms with Crippen molar-refractivity contribution < 1.29 is 9.53 Å². The van der Waals surface area contributed by atoms with E-state index >= 15 is 0 Å². The number of primary amides is 1. The van der Waals surface area contributed by atoms with E-state index in [-0.39, 0.29) is 0 Å². The molecule has 3 N–H and O–H groups in total. The summed E-state index contributed by atoms with van der Waals surface area (Å²) < 4.78 is 5.30. The highest BCUT2D eigenvalue weighted by atomic mass is 16.5. The van der Waals surface area contributed by atoms with Gasteiger partial charge in [-0.1, -0.05) is 6.42 Å². The second-order valence-electron chi connectivity index (χ2n) is 3.02. The van der Waals surface area contributed by atoms with E-state index in [9.17, 15) is 4.79 Å². The van der Waals surface area contributed by atoms with E-state index in [1.54, 1.807) is 0 Å². The number of urea groups is 1. The predicted molar refractivity (Wildman–Crippen MR) is 49.4 cm³/mol. The number of amides is 2. The minimum Gasteiger partial charge on any atom is -0.375 e. The van der Waals surface area contributed by atoms with Gasteiger partial charge in [-0.3, -0.25) is 0 Å². The monoisotopic (exact) mass is 185 g/mol. The molecule has 13 heavy (non-hydrogen) atoms. The molecule has 0 spiro atoms. The van der Waals surface area contributed by atoms with Gasteiger partial charge in [0, 0.05) is 6.61 Å². The van der Waals surface area contributed by atoms with Crippen LogP contribution in [0.4, 0.5) is 4.79 Å². The van der Waals surface area contributed by atoms with E-state index < -0.39 is 6.03 Å². The van der Waals surface area contributed by atoms with E-state index in [4.69, 9.17) is 10.5 Å². The third kappa shape index (κ3) is 4.47. The Balaban J connectivity index is 2.36. The first-order valence-corrected chi connectivity index (χ1v) is 4.47. The average Bonchev–Trinajstić information content (AvgIpc) is 2.01. The summed E-state index contributed by atoms with van der Waals surface area (Å²) in [5.74, 6) is 0. The van der Waals surface area contributed by atoms with Gasteiger partial charge < -0.3 is 10.5 Å². The fourth-order valence-corrected chi connectivity index (χ4v) is 1.19. The summed E-state index contributed by atoms with van der Waals surface area (Å²) in [4.78, 5) is 10.4. The van der Waals surface area contributed by atoms with Crippen molar-refractivity contribution in [3.8, 4) is 0 Å². The fraction of sp³-hybridized carbons (Fsp3) is 0.750. The Morgan fingerprint density at radius 1 is 1.46 bits per heavy atom. The summed E-state index contributed by atoms with van der Waals surface area (Å²) in [6.07, 6.45) is 4.23. The maximum Gasteiger partial charge on any atom is 0.332 e. The maximum absolute atomic E-state index is 10.4. The molecule has 1 heterocycles. The van der Waals surface area contributed by atoms with Gasteiger partial charge in [0.05, 0.1) is 12.3 Å². The van der Waals surface area contributed by atoms with E-state index in [0.717, 1.165) is 38.0 Å². The Morgan fingerprint density at radius 2 is 2.31 bits per heavy atom. The molecule has 0 aliphatic carbocycles. The lowest BCUT2D eigenvalue weighted by molar-refractivity contribution is 0.160. The number of hydrogen-bond acceptors (Lipinski definition) is 3. The van der Waals surface area contributed by atoms with Crippen LogP contribution in [0.15, 0.2) is 5.10 Å². The molecule has 0 unspecified atom stereocenters. The van der Waals surface area contributed by atoms with Crippen LogP contribution in [-0.4, -0.2) is 25.0 Å². The number of nitrogens with two attached hydrogens (primary N) is 1. The van der Waals surface area contributed by atoms with Gasteiger partial charge in [0.15, 0.2) is 0 Å². The van der Waals surface area contributed by atoms with Gasteiger partial charge >= 0.3 is 6.03 Å². The first kappa shape index (κ1) is 9.98. The molecule has 0 aromatic rings. The van der Waals surface area contributed by atoms with Gasteiger partial charge in [0.25, 0.3) is 0 Å². The van der Waals surface area contributed by atoms with Crippen molar-refractivity contribution in [3.63, 3.8) is 0 Å². The molecular formula is C8H15N3O2. The molecule has 0 radical (unpaired) electrons. The maximum atomic E-state index is 10.4. The fourth-order valence-electron chi connectivity index (χ4n) is 1.19. The largest absolute Gasteiger partial charge is 0.375 e. The molecule has 0 atom stereocenters. The zero-order valence-corrected chi connectivity index (χ0v) is 7.58. The van der Waals surface area contributed by atoms with Crippen LogP contribution in [0.25, 0.3) is 0 Å². The summed E-state index contributed by atoms with van der Waals surface area (Å²) in [5, 5.41) is 3.85. The predicted octanol–water partition coefficient (Wildman–Crippen LogP) is 0.601.